The minimum atomic E-state index is -0.824. The van der Waals surface area contributed by atoms with Crippen molar-refractivity contribution in [1.29, 1.82) is 0 Å². The number of rotatable bonds is 6. The van der Waals surface area contributed by atoms with Gasteiger partial charge in [-0.2, -0.15) is 0 Å². The maximum absolute atomic E-state index is 12.2. The van der Waals surface area contributed by atoms with Crippen molar-refractivity contribution in [3.05, 3.63) is 53.5 Å². The molecule has 2 aromatic rings. The van der Waals surface area contributed by atoms with Crippen LogP contribution in [-0.2, 0) is 11.3 Å². The third-order valence-corrected chi connectivity index (χ3v) is 3.39. The molecule has 0 unspecified atom stereocenters. The Labute approximate surface area is 122 Å². The number of benzene rings is 1. The highest BCUT2D eigenvalue weighted by atomic mass is 16.4. The lowest BCUT2D eigenvalue weighted by Gasteiger charge is -2.18. The van der Waals surface area contributed by atoms with Crippen molar-refractivity contribution >= 4 is 22.4 Å². The fraction of sp³-hybridized carbons (Fsp3) is 0.250. The molecule has 1 heterocycles. The number of aromatic nitrogens is 1. The van der Waals surface area contributed by atoms with E-state index in [0.29, 0.717) is 18.5 Å². The van der Waals surface area contributed by atoms with Crippen molar-refractivity contribution in [2.24, 2.45) is 0 Å². The number of anilines is 1. The molecule has 1 aromatic carbocycles. The van der Waals surface area contributed by atoms with Gasteiger partial charge < -0.3 is 14.6 Å². The predicted molar refractivity (Wildman–Crippen MR) is 83.9 cm³/mol. The quantitative estimate of drug-likeness (QED) is 0.826. The Kier molecular flexibility index (Phi) is 4.42. The first-order chi connectivity index (χ1) is 10.0. The van der Waals surface area contributed by atoms with E-state index in [1.807, 2.05) is 30.1 Å². The molecular formula is C16H18N2O3. The Morgan fingerprint density at radius 2 is 2.19 bits per heavy atom. The maximum atomic E-state index is 12.2. The molecule has 0 bridgehead atoms. The smallest absolute Gasteiger partial charge is 0.305 e. The third-order valence-electron chi connectivity index (χ3n) is 3.39. The summed E-state index contributed by atoms with van der Waals surface area (Å²) in [5.74, 6) is -0.824. The standard InChI is InChI=1S/C16H18N2O3/c1-3-8-18-10-6-12-11-13(4-5-14(12)16(18)21)17(2)9-7-15(19)20/h3-6,10-11H,1,7-9H2,2H3,(H,19,20). The summed E-state index contributed by atoms with van der Waals surface area (Å²) >= 11 is 0. The largest absolute Gasteiger partial charge is 0.481 e. The molecule has 5 heteroatoms. The first kappa shape index (κ1) is 14.8. The molecule has 0 fully saturated rings. The van der Waals surface area contributed by atoms with Crippen LogP contribution < -0.4 is 10.5 Å². The molecule has 0 saturated heterocycles. The van der Waals surface area contributed by atoms with E-state index in [-0.39, 0.29) is 12.0 Å². The Morgan fingerprint density at radius 3 is 2.86 bits per heavy atom. The summed E-state index contributed by atoms with van der Waals surface area (Å²) < 4.78 is 1.60. The van der Waals surface area contributed by atoms with Crippen LogP contribution in [0.15, 0.2) is 47.9 Å². The van der Waals surface area contributed by atoms with Crippen LogP contribution in [0.4, 0.5) is 5.69 Å². The maximum Gasteiger partial charge on any atom is 0.305 e. The summed E-state index contributed by atoms with van der Waals surface area (Å²) in [6, 6.07) is 7.40. The van der Waals surface area contributed by atoms with Gasteiger partial charge in [-0.1, -0.05) is 6.08 Å². The number of hydrogen-bond acceptors (Lipinski definition) is 3. The van der Waals surface area contributed by atoms with Gasteiger partial charge in [0.15, 0.2) is 0 Å². The monoisotopic (exact) mass is 286 g/mol. The average molecular weight is 286 g/mol. The van der Waals surface area contributed by atoms with E-state index in [1.54, 1.807) is 22.9 Å². The number of nitrogens with zero attached hydrogens (tertiary/aromatic N) is 2. The van der Waals surface area contributed by atoms with E-state index in [0.717, 1.165) is 11.1 Å². The van der Waals surface area contributed by atoms with Crippen LogP contribution in [0.3, 0.4) is 0 Å². The van der Waals surface area contributed by atoms with E-state index < -0.39 is 5.97 Å². The fourth-order valence-corrected chi connectivity index (χ4v) is 2.19. The lowest BCUT2D eigenvalue weighted by atomic mass is 10.1. The minimum Gasteiger partial charge on any atom is -0.481 e. The topological polar surface area (TPSA) is 62.5 Å². The summed E-state index contributed by atoms with van der Waals surface area (Å²) in [7, 11) is 1.84. The first-order valence-electron chi connectivity index (χ1n) is 6.70. The molecule has 0 atom stereocenters. The second-order valence-corrected chi connectivity index (χ2v) is 4.90. The van der Waals surface area contributed by atoms with Crippen molar-refractivity contribution in [2.45, 2.75) is 13.0 Å². The van der Waals surface area contributed by atoms with Crippen LogP contribution in [0, 0.1) is 0 Å². The van der Waals surface area contributed by atoms with Gasteiger partial charge >= 0.3 is 5.97 Å². The molecule has 0 saturated carbocycles. The lowest BCUT2D eigenvalue weighted by Crippen LogP contribution is -2.21. The molecule has 0 aliphatic carbocycles. The summed E-state index contributed by atoms with van der Waals surface area (Å²) in [4.78, 5) is 24.7. The summed E-state index contributed by atoms with van der Waals surface area (Å²) in [5.41, 5.74) is 0.844. The number of carboxylic acid groups (broad SMARTS) is 1. The van der Waals surface area contributed by atoms with E-state index in [1.165, 1.54) is 0 Å². The molecule has 0 aliphatic rings. The van der Waals surface area contributed by atoms with Crippen LogP contribution in [0.5, 0.6) is 0 Å². The van der Waals surface area contributed by atoms with E-state index in [9.17, 15) is 9.59 Å². The highest BCUT2D eigenvalue weighted by Crippen LogP contribution is 2.19. The number of aliphatic carboxylic acids is 1. The van der Waals surface area contributed by atoms with Crippen LogP contribution in [0.2, 0.25) is 0 Å². The van der Waals surface area contributed by atoms with Crippen LogP contribution in [0.25, 0.3) is 10.8 Å². The van der Waals surface area contributed by atoms with Gasteiger partial charge in [-0.3, -0.25) is 9.59 Å². The highest BCUT2D eigenvalue weighted by Gasteiger charge is 2.07. The molecule has 110 valence electrons. The Bertz CT molecular complexity index is 734. The van der Waals surface area contributed by atoms with Gasteiger partial charge in [0.25, 0.3) is 5.56 Å². The molecular weight excluding hydrogens is 268 g/mol. The number of fused-ring (bicyclic) bond motifs is 1. The SMILES string of the molecule is C=CCn1ccc2cc(N(C)CCC(=O)O)ccc2c1=O. The molecule has 5 nitrogen and oxygen atoms in total. The molecule has 0 amide bonds. The second-order valence-electron chi connectivity index (χ2n) is 4.90. The fourth-order valence-electron chi connectivity index (χ4n) is 2.19. The molecule has 21 heavy (non-hydrogen) atoms. The molecule has 1 aromatic heterocycles. The van der Waals surface area contributed by atoms with E-state index in [4.69, 9.17) is 5.11 Å². The Morgan fingerprint density at radius 1 is 1.43 bits per heavy atom. The minimum absolute atomic E-state index is 0.0489. The highest BCUT2D eigenvalue weighted by molar-refractivity contribution is 5.85. The zero-order valence-corrected chi connectivity index (χ0v) is 12.0. The second kappa shape index (κ2) is 6.26. The predicted octanol–water partition coefficient (Wildman–Crippen LogP) is 2.10. The summed E-state index contributed by atoms with van der Waals surface area (Å²) in [5, 5.41) is 10.2. The van der Waals surface area contributed by atoms with Gasteiger partial charge in [-0.25, -0.2) is 0 Å². The number of hydrogen-bond donors (Lipinski definition) is 1. The zero-order valence-electron chi connectivity index (χ0n) is 12.0. The first-order valence-corrected chi connectivity index (χ1v) is 6.70. The van der Waals surface area contributed by atoms with Gasteiger partial charge in [0, 0.05) is 37.4 Å². The number of carboxylic acids is 1. The van der Waals surface area contributed by atoms with Gasteiger partial charge in [-0.15, -0.1) is 6.58 Å². The normalized spacial score (nSPS) is 10.5. The Hall–Kier alpha value is -2.56. The number of pyridine rings is 1. The van der Waals surface area contributed by atoms with Crippen molar-refractivity contribution in [3.8, 4) is 0 Å². The Balaban J connectivity index is 2.34. The van der Waals surface area contributed by atoms with Gasteiger partial charge in [0.1, 0.15) is 0 Å². The van der Waals surface area contributed by atoms with Gasteiger partial charge in [-0.05, 0) is 29.7 Å². The third kappa shape index (κ3) is 3.31. The zero-order chi connectivity index (χ0) is 15.4. The van der Waals surface area contributed by atoms with Crippen LogP contribution in [-0.4, -0.2) is 29.2 Å². The summed E-state index contributed by atoms with van der Waals surface area (Å²) in [6.45, 7) is 4.54. The van der Waals surface area contributed by atoms with Crippen LogP contribution in [0.1, 0.15) is 6.42 Å². The van der Waals surface area contributed by atoms with Crippen molar-refractivity contribution in [1.82, 2.24) is 4.57 Å². The van der Waals surface area contributed by atoms with Crippen molar-refractivity contribution in [3.63, 3.8) is 0 Å². The van der Waals surface area contributed by atoms with Gasteiger partial charge in [0.05, 0.1) is 6.42 Å². The molecule has 0 spiro atoms. The molecule has 1 N–H and O–H groups in total. The van der Waals surface area contributed by atoms with Gasteiger partial charge in [0.2, 0.25) is 0 Å². The van der Waals surface area contributed by atoms with E-state index in [2.05, 4.69) is 6.58 Å². The van der Waals surface area contributed by atoms with Crippen molar-refractivity contribution in [2.75, 3.05) is 18.5 Å². The average Bonchev–Trinajstić information content (AvgIpc) is 2.47. The van der Waals surface area contributed by atoms with Crippen molar-refractivity contribution < 1.29 is 9.90 Å². The molecule has 0 aliphatic heterocycles. The molecule has 2 rings (SSSR count). The number of allylic oxidation sites excluding steroid dienone is 1. The lowest BCUT2D eigenvalue weighted by molar-refractivity contribution is -0.136. The summed E-state index contributed by atoms with van der Waals surface area (Å²) in [6.07, 6.45) is 3.50. The van der Waals surface area contributed by atoms with Crippen LogP contribution >= 0.6 is 0 Å². The number of carbonyl (C=O) groups is 1. The molecule has 0 radical (unpaired) electrons. The van der Waals surface area contributed by atoms with E-state index >= 15 is 0 Å².